The lowest BCUT2D eigenvalue weighted by Crippen LogP contribution is -2.44. The van der Waals surface area contributed by atoms with Crippen molar-refractivity contribution in [2.75, 3.05) is 7.11 Å². The molecular weight excluding hydrogens is 288 g/mol. The summed E-state index contributed by atoms with van der Waals surface area (Å²) in [4.78, 5) is 12.2. The third kappa shape index (κ3) is 2.36. The zero-order chi connectivity index (χ0) is 15.8. The summed E-state index contributed by atoms with van der Waals surface area (Å²) in [6, 6.07) is 15.9. The minimum Gasteiger partial charge on any atom is -0.497 e. The van der Waals surface area contributed by atoms with Gasteiger partial charge in [0.1, 0.15) is 5.75 Å². The number of methoxy groups -OCH3 is 1. The first-order chi connectivity index (χ1) is 11.3. The molecule has 23 heavy (non-hydrogen) atoms. The number of rotatable bonds is 2. The van der Waals surface area contributed by atoms with E-state index in [1.54, 1.807) is 7.11 Å². The van der Waals surface area contributed by atoms with Gasteiger partial charge in [-0.15, -0.1) is 0 Å². The van der Waals surface area contributed by atoms with Crippen LogP contribution in [0.1, 0.15) is 29.2 Å². The quantitative estimate of drug-likeness (QED) is 0.893. The number of amides is 2. The molecule has 4 rings (SSSR count). The summed E-state index contributed by atoms with van der Waals surface area (Å²) < 4.78 is 5.32. The van der Waals surface area contributed by atoms with Gasteiger partial charge in [-0.2, -0.15) is 0 Å². The lowest BCUT2D eigenvalue weighted by atomic mass is 9.83. The van der Waals surface area contributed by atoms with E-state index in [0.29, 0.717) is 0 Å². The van der Waals surface area contributed by atoms with Gasteiger partial charge in [-0.25, -0.2) is 4.79 Å². The maximum absolute atomic E-state index is 12.2. The minimum atomic E-state index is -0.159. The number of fused-ring (bicyclic) bond motifs is 2. The van der Waals surface area contributed by atoms with Gasteiger partial charge in [0.15, 0.2) is 0 Å². The summed E-state index contributed by atoms with van der Waals surface area (Å²) in [5.41, 5.74) is 5.67. The van der Waals surface area contributed by atoms with Gasteiger partial charge in [-0.1, -0.05) is 36.4 Å². The topological polar surface area (TPSA) is 50.4 Å². The average molecular weight is 306 g/mol. The molecule has 1 aliphatic heterocycles. The van der Waals surface area contributed by atoms with Crippen LogP contribution in [0, 0.1) is 0 Å². The molecule has 2 aromatic carbocycles. The number of hydrogen-bond donors (Lipinski definition) is 2. The predicted molar refractivity (Wildman–Crippen MR) is 89.1 cm³/mol. The Morgan fingerprint density at radius 2 is 1.96 bits per heavy atom. The fourth-order valence-electron chi connectivity index (χ4n) is 3.46. The number of carbonyl (C=O) groups excluding carboxylic acids is 1. The van der Waals surface area contributed by atoms with E-state index in [2.05, 4.69) is 22.8 Å². The fraction of sp³-hybridized carbons (Fsp3) is 0.211. The molecule has 0 saturated carbocycles. The van der Waals surface area contributed by atoms with Gasteiger partial charge in [0.2, 0.25) is 0 Å². The van der Waals surface area contributed by atoms with Gasteiger partial charge < -0.3 is 15.4 Å². The summed E-state index contributed by atoms with van der Waals surface area (Å²) in [5, 5.41) is 6.05. The van der Waals surface area contributed by atoms with Gasteiger partial charge in [0, 0.05) is 5.56 Å². The summed E-state index contributed by atoms with van der Waals surface area (Å²) in [6.45, 7) is 0. The van der Waals surface area contributed by atoms with Gasteiger partial charge in [0.05, 0.1) is 18.8 Å². The first-order valence-electron chi connectivity index (χ1n) is 7.79. The van der Waals surface area contributed by atoms with E-state index in [9.17, 15) is 4.79 Å². The highest BCUT2D eigenvalue weighted by Crippen LogP contribution is 2.39. The Morgan fingerprint density at radius 1 is 1.09 bits per heavy atom. The van der Waals surface area contributed by atoms with Crippen LogP contribution in [0.25, 0.3) is 5.70 Å². The summed E-state index contributed by atoms with van der Waals surface area (Å²) in [5.74, 6) is 0.800. The van der Waals surface area contributed by atoms with E-state index in [0.717, 1.165) is 35.4 Å². The second-order valence-corrected chi connectivity index (χ2v) is 5.87. The maximum atomic E-state index is 12.2. The maximum Gasteiger partial charge on any atom is 0.319 e. The minimum absolute atomic E-state index is 0.109. The first-order valence-corrected chi connectivity index (χ1v) is 7.79. The molecule has 0 spiro atoms. The molecule has 2 aromatic rings. The molecule has 1 unspecified atom stereocenters. The van der Waals surface area contributed by atoms with Crippen LogP contribution in [0.2, 0.25) is 0 Å². The van der Waals surface area contributed by atoms with Crippen molar-refractivity contribution in [1.29, 1.82) is 0 Å². The number of aryl methyl sites for hydroxylation is 1. The monoisotopic (exact) mass is 306 g/mol. The first kappa shape index (κ1) is 13.9. The Bertz CT molecular complexity index is 811. The molecule has 1 heterocycles. The second-order valence-electron chi connectivity index (χ2n) is 5.87. The molecule has 1 atom stereocenters. The van der Waals surface area contributed by atoms with Crippen LogP contribution in [0.4, 0.5) is 4.79 Å². The summed E-state index contributed by atoms with van der Waals surface area (Å²) in [7, 11) is 1.65. The Balaban J connectivity index is 1.83. The van der Waals surface area contributed by atoms with Crippen LogP contribution in [-0.4, -0.2) is 13.1 Å². The zero-order valence-corrected chi connectivity index (χ0v) is 12.9. The summed E-state index contributed by atoms with van der Waals surface area (Å²) >= 11 is 0. The van der Waals surface area contributed by atoms with Crippen molar-refractivity contribution >= 4 is 11.7 Å². The third-order valence-electron chi connectivity index (χ3n) is 4.56. The molecule has 0 aromatic heterocycles. The normalized spacial score (nSPS) is 19.3. The van der Waals surface area contributed by atoms with Crippen molar-refractivity contribution in [2.24, 2.45) is 0 Å². The van der Waals surface area contributed by atoms with E-state index < -0.39 is 0 Å². The van der Waals surface area contributed by atoms with Crippen molar-refractivity contribution in [3.8, 4) is 5.75 Å². The zero-order valence-electron chi connectivity index (χ0n) is 12.9. The fourth-order valence-corrected chi connectivity index (χ4v) is 3.46. The Morgan fingerprint density at radius 3 is 2.83 bits per heavy atom. The van der Waals surface area contributed by atoms with Crippen molar-refractivity contribution in [2.45, 2.75) is 18.9 Å². The summed E-state index contributed by atoms with van der Waals surface area (Å²) in [6.07, 6.45) is 1.93. The lowest BCUT2D eigenvalue weighted by Gasteiger charge is -2.34. The molecule has 2 amide bonds. The van der Waals surface area contributed by atoms with Gasteiger partial charge in [0.25, 0.3) is 0 Å². The molecule has 0 fully saturated rings. The SMILES string of the molecule is COc1cccc(C2NC(=O)NC3=C2CCc2ccccc23)c1. The predicted octanol–water partition coefficient (Wildman–Crippen LogP) is 3.41. The van der Waals surface area contributed by atoms with Crippen molar-refractivity contribution in [1.82, 2.24) is 10.6 Å². The number of hydrogen-bond acceptors (Lipinski definition) is 2. The average Bonchev–Trinajstić information content (AvgIpc) is 2.61. The highest BCUT2D eigenvalue weighted by Gasteiger charge is 2.31. The molecule has 0 bridgehead atoms. The van der Waals surface area contributed by atoms with Crippen LogP contribution in [0.3, 0.4) is 0 Å². The number of nitrogens with one attached hydrogen (secondary N) is 2. The van der Waals surface area contributed by atoms with Gasteiger partial charge in [-0.3, -0.25) is 0 Å². The van der Waals surface area contributed by atoms with Crippen LogP contribution in [0.5, 0.6) is 5.75 Å². The van der Waals surface area contributed by atoms with Crippen molar-refractivity contribution < 1.29 is 9.53 Å². The van der Waals surface area contributed by atoms with E-state index in [-0.39, 0.29) is 12.1 Å². The second kappa shape index (κ2) is 5.47. The standard InChI is InChI=1S/C19H18N2O2/c1-23-14-7-4-6-13(11-14)17-16-10-9-12-5-2-3-8-15(12)18(16)21-19(22)20-17/h2-8,11,17H,9-10H2,1H3,(H2,20,21,22). The van der Waals surface area contributed by atoms with Gasteiger partial charge >= 0.3 is 6.03 Å². The molecular formula is C19H18N2O2. The molecule has 116 valence electrons. The highest BCUT2D eigenvalue weighted by molar-refractivity contribution is 5.91. The number of urea groups is 1. The Kier molecular flexibility index (Phi) is 3.30. The third-order valence-corrected chi connectivity index (χ3v) is 4.56. The smallest absolute Gasteiger partial charge is 0.319 e. The molecule has 0 saturated heterocycles. The van der Waals surface area contributed by atoms with Crippen molar-refractivity contribution in [3.05, 3.63) is 70.8 Å². The van der Waals surface area contributed by atoms with Crippen LogP contribution < -0.4 is 15.4 Å². The lowest BCUT2D eigenvalue weighted by molar-refractivity contribution is 0.240. The van der Waals surface area contributed by atoms with E-state index >= 15 is 0 Å². The van der Waals surface area contributed by atoms with E-state index in [4.69, 9.17) is 4.74 Å². The van der Waals surface area contributed by atoms with E-state index in [1.807, 2.05) is 36.4 Å². The van der Waals surface area contributed by atoms with Crippen LogP contribution in [-0.2, 0) is 6.42 Å². The number of benzene rings is 2. The largest absolute Gasteiger partial charge is 0.497 e. The molecule has 4 nitrogen and oxygen atoms in total. The van der Waals surface area contributed by atoms with Crippen LogP contribution >= 0.6 is 0 Å². The molecule has 2 N–H and O–H groups in total. The molecule has 1 aliphatic carbocycles. The van der Waals surface area contributed by atoms with E-state index in [1.165, 1.54) is 11.1 Å². The Hall–Kier alpha value is -2.75. The molecule has 2 aliphatic rings. The van der Waals surface area contributed by atoms with Gasteiger partial charge in [-0.05, 0) is 41.7 Å². The molecule has 4 heteroatoms. The number of ether oxygens (including phenoxy) is 1. The number of carbonyl (C=O) groups is 1. The van der Waals surface area contributed by atoms with Crippen molar-refractivity contribution in [3.63, 3.8) is 0 Å². The Labute approximate surface area is 135 Å². The molecule has 0 radical (unpaired) electrons. The highest BCUT2D eigenvalue weighted by atomic mass is 16.5. The van der Waals surface area contributed by atoms with Crippen LogP contribution in [0.15, 0.2) is 54.1 Å².